The zero-order valence-electron chi connectivity index (χ0n) is 12.8. The maximum absolute atomic E-state index is 4.65. The van der Waals surface area contributed by atoms with E-state index in [1.165, 1.54) is 26.1 Å². The highest BCUT2D eigenvalue weighted by molar-refractivity contribution is 7.98. The number of thioether (sulfide) groups is 1. The zero-order valence-corrected chi connectivity index (χ0v) is 14.4. The molecule has 0 radical (unpaired) electrons. The molecule has 0 amide bonds. The fraction of sp³-hybridized carbons (Fsp3) is 0.211. The summed E-state index contributed by atoms with van der Waals surface area (Å²) < 4.78 is 1.37. The number of hydrogen-bond donors (Lipinski definition) is 1. The van der Waals surface area contributed by atoms with Gasteiger partial charge in [-0.3, -0.25) is 4.99 Å². The Labute approximate surface area is 144 Å². The molecule has 0 bridgehead atoms. The van der Waals surface area contributed by atoms with E-state index in [2.05, 4.69) is 64.2 Å². The van der Waals surface area contributed by atoms with Gasteiger partial charge in [0.05, 0.1) is 0 Å². The van der Waals surface area contributed by atoms with E-state index in [0.717, 1.165) is 31.1 Å². The van der Waals surface area contributed by atoms with Gasteiger partial charge >= 0.3 is 0 Å². The summed E-state index contributed by atoms with van der Waals surface area (Å²) in [6.07, 6.45) is 1.12. The van der Waals surface area contributed by atoms with Crippen molar-refractivity contribution in [2.24, 2.45) is 4.99 Å². The molecule has 0 saturated carbocycles. The molecule has 0 unspecified atom stereocenters. The molecule has 0 fully saturated rings. The fourth-order valence-electron chi connectivity index (χ4n) is 2.80. The average Bonchev–Trinajstić information content (AvgIpc) is 3.04. The van der Waals surface area contributed by atoms with Crippen LogP contribution in [0.1, 0.15) is 17.5 Å². The van der Waals surface area contributed by atoms with E-state index in [0.29, 0.717) is 0 Å². The third kappa shape index (κ3) is 3.14. The van der Waals surface area contributed by atoms with Crippen molar-refractivity contribution in [1.29, 1.82) is 0 Å². The number of nitrogens with one attached hydrogen (secondary N) is 1. The van der Waals surface area contributed by atoms with Crippen LogP contribution >= 0.6 is 23.1 Å². The van der Waals surface area contributed by atoms with Crippen LogP contribution in [0.25, 0.3) is 10.1 Å². The molecule has 4 rings (SSSR count). The molecular formula is C19H18N2S2. The maximum Gasteiger partial charge on any atom is 0.129 e. The van der Waals surface area contributed by atoms with Crippen molar-refractivity contribution in [3.8, 4) is 0 Å². The highest BCUT2D eigenvalue weighted by Gasteiger charge is 2.12. The van der Waals surface area contributed by atoms with Crippen LogP contribution in [0.15, 0.2) is 63.8 Å². The molecule has 1 N–H and O–H groups in total. The van der Waals surface area contributed by atoms with Gasteiger partial charge < -0.3 is 5.32 Å². The smallest absolute Gasteiger partial charge is 0.129 e. The lowest BCUT2D eigenvalue weighted by Crippen LogP contribution is -2.30. The molecule has 0 atom stereocenters. The first-order chi connectivity index (χ1) is 11.4. The molecule has 0 spiro atoms. The Morgan fingerprint density at radius 2 is 1.96 bits per heavy atom. The van der Waals surface area contributed by atoms with Crippen molar-refractivity contribution < 1.29 is 0 Å². The van der Waals surface area contributed by atoms with E-state index < -0.39 is 0 Å². The van der Waals surface area contributed by atoms with Crippen molar-refractivity contribution in [2.45, 2.75) is 17.1 Å². The molecule has 0 aliphatic carbocycles. The number of aliphatic imine (C=N–C) groups is 1. The topological polar surface area (TPSA) is 24.4 Å². The molecule has 1 aliphatic rings. The van der Waals surface area contributed by atoms with Crippen molar-refractivity contribution >= 4 is 39.0 Å². The fourth-order valence-corrected chi connectivity index (χ4v) is 4.91. The van der Waals surface area contributed by atoms with Crippen LogP contribution in [0.3, 0.4) is 0 Å². The Morgan fingerprint density at radius 1 is 1.09 bits per heavy atom. The van der Waals surface area contributed by atoms with Crippen LogP contribution in [-0.2, 0) is 5.75 Å². The van der Waals surface area contributed by atoms with Gasteiger partial charge in [0, 0.05) is 34.0 Å². The van der Waals surface area contributed by atoms with E-state index in [4.69, 9.17) is 0 Å². The van der Waals surface area contributed by atoms with Crippen LogP contribution in [0.2, 0.25) is 0 Å². The van der Waals surface area contributed by atoms with E-state index in [1.54, 1.807) is 0 Å². The summed E-state index contributed by atoms with van der Waals surface area (Å²) in [4.78, 5) is 5.95. The second-order valence-corrected chi connectivity index (χ2v) is 7.48. The predicted molar refractivity (Wildman–Crippen MR) is 102 cm³/mol. The number of thiophene rings is 1. The standard InChI is InChI=1S/C19H18N2S2/c1-3-8-17-15(6-1)14(12-22-17)13-23-18-9-4-2-7-16(18)19-20-10-5-11-21-19/h1-4,6-9,12H,5,10-11,13H2,(H,20,21). The van der Waals surface area contributed by atoms with Gasteiger partial charge in [-0.1, -0.05) is 36.4 Å². The van der Waals surface area contributed by atoms with E-state index in [-0.39, 0.29) is 0 Å². The first-order valence-corrected chi connectivity index (χ1v) is 9.74. The summed E-state index contributed by atoms with van der Waals surface area (Å²) in [5.74, 6) is 2.04. The second kappa shape index (κ2) is 6.77. The van der Waals surface area contributed by atoms with Gasteiger partial charge in [0.25, 0.3) is 0 Å². The van der Waals surface area contributed by atoms with Gasteiger partial charge in [0.2, 0.25) is 0 Å². The van der Waals surface area contributed by atoms with Gasteiger partial charge in [-0.25, -0.2) is 0 Å². The van der Waals surface area contributed by atoms with Crippen LogP contribution in [-0.4, -0.2) is 18.9 Å². The molecule has 4 heteroatoms. The van der Waals surface area contributed by atoms with E-state index in [1.807, 2.05) is 23.1 Å². The minimum absolute atomic E-state index is 0.927. The van der Waals surface area contributed by atoms with Crippen molar-refractivity contribution in [3.63, 3.8) is 0 Å². The first kappa shape index (κ1) is 14.8. The summed E-state index contributed by atoms with van der Waals surface area (Å²) >= 11 is 3.73. The van der Waals surface area contributed by atoms with Crippen LogP contribution in [0.5, 0.6) is 0 Å². The monoisotopic (exact) mass is 338 g/mol. The molecule has 1 aromatic heterocycles. The van der Waals surface area contributed by atoms with Gasteiger partial charge in [-0.15, -0.1) is 23.1 Å². The van der Waals surface area contributed by atoms with Crippen molar-refractivity contribution in [2.75, 3.05) is 13.1 Å². The lowest BCUT2D eigenvalue weighted by Gasteiger charge is -2.17. The predicted octanol–water partition coefficient (Wildman–Crippen LogP) is 4.93. The molecule has 1 aliphatic heterocycles. The third-order valence-electron chi connectivity index (χ3n) is 3.98. The zero-order chi connectivity index (χ0) is 15.5. The molecule has 116 valence electrons. The Hall–Kier alpha value is -1.78. The summed E-state index contributed by atoms with van der Waals surface area (Å²) in [7, 11) is 0. The second-order valence-electron chi connectivity index (χ2n) is 5.55. The van der Waals surface area contributed by atoms with Gasteiger partial charge in [0.15, 0.2) is 0 Å². The summed E-state index contributed by atoms with van der Waals surface area (Å²) in [6.45, 7) is 1.95. The molecule has 2 aromatic carbocycles. The Morgan fingerprint density at radius 3 is 2.87 bits per heavy atom. The number of rotatable bonds is 4. The minimum Gasteiger partial charge on any atom is -0.370 e. The quantitative estimate of drug-likeness (QED) is 0.682. The summed E-state index contributed by atoms with van der Waals surface area (Å²) in [6, 6.07) is 17.2. The highest BCUT2D eigenvalue weighted by Crippen LogP contribution is 2.32. The van der Waals surface area contributed by atoms with Crippen LogP contribution < -0.4 is 5.32 Å². The maximum atomic E-state index is 4.65. The summed E-state index contributed by atoms with van der Waals surface area (Å²) in [5, 5.41) is 7.11. The number of benzene rings is 2. The van der Waals surface area contributed by atoms with Crippen LogP contribution in [0, 0.1) is 0 Å². The van der Waals surface area contributed by atoms with Gasteiger partial charge in [-0.05, 0) is 34.9 Å². The Bertz CT molecular complexity index is 851. The molecular weight excluding hydrogens is 320 g/mol. The highest BCUT2D eigenvalue weighted by atomic mass is 32.2. The summed E-state index contributed by atoms with van der Waals surface area (Å²) in [5.41, 5.74) is 2.65. The SMILES string of the molecule is c1ccc(C2=NCCCN2)c(SCc2csc3ccccc23)c1. The number of nitrogens with zero attached hydrogens (tertiary/aromatic N) is 1. The van der Waals surface area contributed by atoms with Gasteiger partial charge in [-0.2, -0.15) is 0 Å². The Balaban J connectivity index is 1.58. The molecule has 23 heavy (non-hydrogen) atoms. The minimum atomic E-state index is 0.927. The van der Waals surface area contributed by atoms with E-state index in [9.17, 15) is 0 Å². The number of hydrogen-bond acceptors (Lipinski definition) is 4. The van der Waals surface area contributed by atoms with Crippen molar-refractivity contribution in [1.82, 2.24) is 5.32 Å². The number of amidine groups is 1. The largest absolute Gasteiger partial charge is 0.370 e. The first-order valence-electron chi connectivity index (χ1n) is 7.87. The van der Waals surface area contributed by atoms with E-state index >= 15 is 0 Å². The van der Waals surface area contributed by atoms with Crippen molar-refractivity contribution in [3.05, 3.63) is 65.0 Å². The normalized spacial score (nSPS) is 14.5. The number of fused-ring (bicyclic) bond motifs is 1. The molecule has 2 nitrogen and oxygen atoms in total. The third-order valence-corrected chi connectivity index (χ3v) is 6.12. The lowest BCUT2D eigenvalue weighted by atomic mass is 10.2. The van der Waals surface area contributed by atoms with Crippen LogP contribution in [0.4, 0.5) is 0 Å². The molecule has 2 heterocycles. The lowest BCUT2D eigenvalue weighted by molar-refractivity contribution is 0.741. The molecule has 0 saturated heterocycles. The molecule has 3 aromatic rings. The Kier molecular flexibility index (Phi) is 4.35. The van der Waals surface area contributed by atoms with Gasteiger partial charge in [0.1, 0.15) is 5.84 Å². The average molecular weight is 339 g/mol.